The van der Waals surface area contributed by atoms with Crippen LogP contribution in [0.1, 0.15) is 0 Å². The number of thiophene rings is 2. The second-order valence-corrected chi connectivity index (χ2v) is 12.2. The van der Waals surface area contributed by atoms with Gasteiger partial charge < -0.3 is 0 Å². The summed E-state index contributed by atoms with van der Waals surface area (Å²) in [6.07, 6.45) is 0. The predicted molar refractivity (Wildman–Crippen MR) is 105 cm³/mol. The molecule has 3 heterocycles. The van der Waals surface area contributed by atoms with Gasteiger partial charge in [-0.2, -0.15) is 0 Å². The Labute approximate surface area is 151 Å². The van der Waals surface area contributed by atoms with E-state index in [0.717, 1.165) is 0 Å². The van der Waals surface area contributed by atoms with Crippen LogP contribution < -0.4 is 0 Å². The molecule has 2 aromatic carbocycles. The minimum atomic E-state index is 0.431. The van der Waals surface area contributed by atoms with E-state index in [2.05, 4.69) is 68.3 Å². The monoisotopic (exact) mass is 500 g/mol. The molecule has 5 heteroatoms. The third-order valence-electron chi connectivity index (χ3n) is 3.69. The molecule has 0 atom stereocenters. The van der Waals surface area contributed by atoms with Gasteiger partial charge in [-0.3, -0.25) is 0 Å². The zero-order valence-electron chi connectivity index (χ0n) is 10.4. The molecule has 21 heavy (non-hydrogen) atoms. The van der Waals surface area contributed by atoms with Crippen molar-refractivity contribution in [3.63, 3.8) is 0 Å². The normalized spacial score (nSPS) is 12.3. The van der Waals surface area contributed by atoms with Crippen LogP contribution >= 0.6 is 54.5 Å². The summed E-state index contributed by atoms with van der Waals surface area (Å²) in [5, 5.41) is 5.57. The maximum atomic E-state index is 3.60. The van der Waals surface area contributed by atoms with Crippen LogP contribution in [0.5, 0.6) is 0 Å². The van der Waals surface area contributed by atoms with Crippen LogP contribution in [0.25, 0.3) is 39.5 Å². The van der Waals surface area contributed by atoms with Crippen molar-refractivity contribution in [2.24, 2.45) is 0 Å². The molecule has 0 saturated heterocycles. The molecule has 0 fully saturated rings. The van der Waals surface area contributed by atoms with Crippen molar-refractivity contribution in [3.05, 3.63) is 44.0 Å². The molecule has 0 saturated carbocycles. The average Bonchev–Trinajstić information content (AvgIpc) is 3.05. The van der Waals surface area contributed by atoms with E-state index in [-0.39, 0.29) is 0 Å². The Morgan fingerprint density at radius 1 is 0.667 bits per heavy atom. The molecule has 3 aromatic heterocycles. The molecule has 0 aliphatic rings. The first-order chi connectivity index (χ1) is 10.2. The molecule has 0 amide bonds. The van der Waals surface area contributed by atoms with Gasteiger partial charge in [0.2, 0.25) is 0 Å². The molecular weight excluding hydrogens is 495 g/mol. The van der Waals surface area contributed by atoms with Crippen LogP contribution in [0.3, 0.4) is 0 Å². The summed E-state index contributed by atoms with van der Waals surface area (Å²) in [4.78, 5) is 0. The van der Waals surface area contributed by atoms with Crippen LogP contribution in [-0.2, 0) is 0 Å². The first-order valence-electron chi connectivity index (χ1n) is 6.32. The molecule has 0 N–H and O–H groups in total. The van der Waals surface area contributed by atoms with Gasteiger partial charge in [0.25, 0.3) is 0 Å². The number of rotatable bonds is 0. The summed E-state index contributed by atoms with van der Waals surface area (Å²) in [6.45, 7) is 0. The van der Waals surface area contributed by atoms with Gasteiger partial charge in [-0.15, -0.1) is 0 Å². The fourth-order valence-electron chi connectivity index (χ4n) is 2.78. The minimum absolute atomic E-state index is 0.431. The molecule has 0 unspecified atom stereocenters. The molecule has 5 aromatic rings. The molecule has 0 aliphatic carbocycles. The number of benzene rings is 2. The van der Waals surface area contributed by atoms with E-state index in [1.54, 1.807) is 0 Å². The quantitative estimate of drug-likeness (QED) is 0.201. The Kier molecular flexibility index (Phi) is 2.96. The van der Waals surface area contributed by atoms with E-state index in [9.17, 15) is 0 Å². The average molecular weight is 501 g/mol. The third-order valence-corrected chi connectivity index (χ3v) is 9.23. The summed E-state index contributed by atoms with van der Waals surface area (Å²) < 4.78 is 8.25. The summed E-state index contributed by atoms with van der Waals surface area (Å²) in [5.41, 5.74) is 0. The van der Waals surface area contributed by atoms with Crippen molar-refractivity contribution < 1.29 is 0 Å². The van der Waals surface area contributed by atoms with Gasteiger partial charge in [-0.25, -0.2) is 0 Å². The van der Waals surface area contributed by atoms with E-state index < -0.39 is 0 Å². The SMILES string of the molecule is Brc1cc2cc3c(cc2s1)[se]c1cc2sc(Br)cc2cc13. The Morgan fingerprint density at radius 2 is 1.14 bits per heavy atom. The van der Waals surface area contributed by atoms with Gasteiger partial charge in [-0.05, 0) is 0 Å². The zero-order valence-corrected chi connectivity index (χ0v) is 17.0. The van der Waals surface area contributed by atoms with Gasteiger partial charge in [0.05, 0.1) is 0 Å². The number of halogens is 2. The second kappa shape index (κ2) is 4.67. The van der Waals surface area contributed by atoms with Gasteiger partial charge in [-0.1, -0.05) is 0 Å². The molecule has 0 nitrogen and oxygen atoms in total. The number of hydrogen-bond acceptors (Lipinski definition) is 2. The fourth-order valence-corrected chi connectivity index (χ4v) is 8.68. The van der Waals surface area contributed by atoms with Crippen LogP contribution in [0.2, 0.25) is 0 Å². The topological polar surface area (TPSA) is 0 Å². The first kappa shape index (κ1) is 13.3. The Morgan fingerprint density at radius 3 is 1.62 bits per heavy atom. The number of fused-ring (bicyclic) bond motifs is 5. The molecule has 5 rings (SSSR count). The molecule has 102 valence electrons. The fraction of sp³-hybridized carbons (Fsp3) is 0. The van der Waals surface area contributed by atoms with Crippen LogP contribution in [0, 0.1) is 0 Å². The van der Waals surface area contributed by atoms with Crippen molar-refractivity contribution >= 4 is 109 Å². The van der Waals surface area contributed by atoms with Crippen LogP contribution in [0.4, 0.5) is 0 Å². The van der Waals surface area contributed by atoms with Crippen LogP contribution in [0.15, 0.2) is 44.0 Å². The Bertz CT molecular complexity index is 1070. The van der Waals surface area contributed by atoms with Gasteiger partial charge in [0.15, 0.2) is 0 Å². The standard InChI is InChI=1S/C16H6Br2S2Se/c17-15-3-7-1-9-10-2-8-4-16(18)20-12(8)6-14(10)21-13(9)5-11(7)19-15/h1-6H. The van der Waals surface area contributed by atoms with E-state index in [4.69, 9.17) is 0 Å². The molecular formula is C16H6Br2S2Se. The second-order valence-electron chi connectivity index (χ2n) is 4.98. The van der Waals surface area contributed by atoms with Crippen molar-refractivity contribution in [2.75, 3.05) is 0 Å². The number of hydrogen-bond donors (Lipinski definition) is 0. The summed E-state index contributed by atoms with van der Waals surface area (Å²) >= 11 is 11.3. The molecule has 0 aliphatic heterocycles. The molecule has 0 spiro atoms. The Hall–Kier alpha value is -0.161. The summed E-state index contributed by atoms with van der Waals surface area (Å²) in [6, 6.07) is 14.0. The Balaban J connectivity index is 1.97. The third kappa shape index (κ3) is 2.02. The van der Waals surface area contributed by atoms with Gasteiger partial charge in [0.1, 0.15) is 0 Å². The van der Waals surface area contributed by atoms with Crippen molar-refractivity contribution in [3.8, 4) is 0 Å². The van der Waals surface area contributed by atoms with E-state index in [0.29, 0.717) is 14.5 Å². The maximum absolute atomic E-state index is 3.60. The van der Waals surface area contributed by atoms with Crippen molar-refractivity contribution in [1.82, 2.24) is 0 Å². The summed E-state index contributed by atoms with van der Waals surface area (Å²) in [7, 11) is 0. The van der Waals surface area contributed by atoms with Gasteiger partial charge >= 0.3 is 152 Å². The van der Waals surface area contributed by atoms with Crippen molar-refractivity contribution in [1.29, 1.82) is 0 Å². The van der Waals surface area contributed by atoms with Gasteiger partial charge in [0, 0.05) is 0 Å². The summed E-state index contributed by atoms with van der Waals surface area (Å²) in [5.74, 6) is 0. The van der Waals surface area contributed by atoms with Crippen molar-refractivity contribution in [2.45, 2.75) is 0 Å². The molecule has 0 radical (unpaired) electrons. The van der Waals surface area contributed by atoms with Crippen LogP contribution in [-0.4, -0.2) is 14.5 Å². The first-order valence-corrected chi connectivity index (χ1v) is 11.2. The van der Waals surface area contributed by atoms with E-state index in [1.165, 1.54) is 47.0 Å². The molecule has 0 bridgehead atoms. The predicted octanol–water partition coefficient (Wildman–Crippen LogP) is 7.00. The van der Waals surface area contributed by atoms with E-state index >= 15 is 0 Å². The zero-order chi connectivity index (χ0) is 14.1. The van der Waals surface area contributed by atoms with E-state index in [1.807, 2.05) is 22.7 Å².